The van der Waals surface area contributed by atoms with Gasteiger partial charge in [0.15, 0.2) is 11.5 Å². The second kappa shape index (κ2) is 15.0. The Morgan fingerprint density at radius 3 is 2.20 bits per heavy atom. The average molecular weight is 476 g/mol. The van der Waals surface area contributed by atoms with Crippen molar-refractivity contribution < 1.29 is 41.5 Å². The van der Waals surface area contributed by atoms with Crippen LogP contribution in [0.1, 0.15) is 31.9 Å². The molecule has 0 saturated heterocycles. The number of nitrogens with zero attached hydrogens (tertiary/aromatic N) is 1. The normalized spacial score (nSPS) is 10.7. The Balaban J connectivity index is 0.000000535. The molecule has 0 unspecified atom stereocenters. The number of benzene rings is 2. The van der Waals surface area contributed by atoms with Crippen LogP contribution in [-0.4, -0.2) is 52.9 Å². The van der Waals surface area contributed by atoms with E-state index in [-0.39, 0.29) is 29.3 Å². The van der Waals surface area contributed by atoms with Crippen molar-refractivity contribution in [1.29, 1.82) is 0 Å². The SMILES string of the molecule is CC(C)(C)c1ccc(O)c(O)c1.OCCNCCN=Cc1cc(Cl)ccc1O.[O]=[V]. The van der Waals surface area contributed by atoms with Crippen LogP contribution >= 0.6 is 11.6 Å². The third-order valence-corrected chi connectivity index (χ3v) is 4.00. The fourth-order valence-electron chi connectivity index (χ4n) is 2.13. The van der Waals surface area contributed by atoms with Crippen molar-refractivity contribution in [3.05, 3.63) is 52.5 Å². The molecule has 0 saturated carbocycles. The zero-order chi connectivity index (χ0) is 23.2. The van der Waals surface area contributed by atoms with Gasteiger partial charge in [0.2, 0.25) is 0 Å². The second-order valence-electron chi connectivity index (χ2n) is 7.17. The molecule has 0 radical (unpaired) electrons. The van der Waals surface area contributed by atoms with Gasteiger partial charge in [0, 0.05) is 29.9 Å². The average Bonchev–Trinajstić information content (AvgIpc) is 2.70. The van der Waals surface area contributed by atoms with E-state index in [0.717, 1.165) is 22.9 Å². The number of rotatable bonds is 6. The first-order valence-corrected chi connectivity index (χ1v) is 10.1. The summed E-state index contributed by atoms with van der Waals surface area (Å²) < 4.78 is 8.19. The van der Waals surface area contributed by atoms with Gasteiger partial charge in [-0.15, -0.1) is 0 Å². The van der Waals surface area contributed by atoms with Crippen LogP contribution in [0.15, 0.2) is 41.4 Å². The first-order valence-electron chi connectivity index (χ1n) is 9.15. The molecule has 0 aliphatic carbocycles. The molecule has 0 aliphatic heterocycles. The predicted octanol–water partition coefficient (Wildman–Crippen LogP) is 3.32. The molecule has 2 rings (SSSR count). The maximum absolute atomic E-state index is 9.48. The number of hydrogen-bond acceptors (Lipinski definition) is 7. The van der Waals surface area contributed by atoms with E-state index < -0.39 is 0 Å². The molecule has 0 amide bonds. The van der Waals surface area contributed by atoms with Gasteiger partial charge in [-0.2, -0.15) is 0 Å². The van der Waals surface area contributed by atoms with Gasteiger partial charge in [0.05, 0.1) is 13.2 Å². The Kier molecular flexibility index (Phi) is 14.0. The number of nitrogens with one attached hydrogen (secondary N) is 1. The molecular weight excluding hydrogens is 447 g/mol. The van der Waals surface area contributed by atoms with E-state index in [0.29, 0.717) is 30.2 Å². The van der Waals surface area contributed by atoms with Gasteiger partial charge in [-0.3, -0.25) is 4.99 Å². The molecule has 0 spiro atoms. The number of phenolic OH excluding ortho intramolecular Hbond substituents is 3. The summed E-state index contributed by atoms with van der Waals surface area (Å²) in [7, 11) is 0. The monoisotopic (exact) mass is 475 g/mol. The third-order valence-electron chi connectivity index (χ3n) is 3.77. The Morgan fingerprint density at radius 1 is 1.00 bits per heavy atom. The number of phenols is 3. The van der Waals surface area contributed by atoms with Gasteiger partial charge in [0.1, 0.15) is 5.75 Å². The fraction of sp³-hybridized carbons (Fsp3) is 0.381. The number of aliphatic hydroxyl groups excluding tert-OH is 1. The van der Waals surface area contributed by atoms with Gasteiger partial charge in [-0.05, 0) is 41.3 Å². The van der Waals surface area contributed by atoms with E-state index in [1.54, 1.807) is 24.4 Å². The van der Waals surface area contributed by atoms with Crippen molar-refractivity contribution in [2.45, 2.75) is 26.2 Å². The van der Waals surface area contributed by atoms with E-state index >= 15 is 0 Å². The summed E-state index contributed by atoms with van der Waals surface area (Å²) in [6, 6.07) is 9.73. The summed E-state index contributed by atoms with van der Waals surface area (Å²) in [5, 5.41) is 39.8. The van der Waals surface area contributed by atoms with Crippen molar-refractivity contribution in [2.24, 2.45) is 4.99 Å². The predicted molar refractivity (Wildman–Crippen MR) is 115 cm³/mol. The van der Waals surface area contributed by atoms with Crippen molar-refractivity contribution in [3.8, 4) is 17.2 Å². The van der Waals surface area contributed by atoms with E-state index in [1.807, 2.05) is 6.07 Å². The van der Waals surface area contributed by atoms with Crippen LogP contribution in [0.4, 0.5) is 0 Å². The third kappa shape index (κ3) is 11.3. The molecule has 2 aromatic rings. The summed E-state index contributed by atoms with van der Waals surface area (Å²) in [6.07, 6.45) is 1.59. The van der Waals surface area contributed by atoms with Crippen molar-refractivity contribution in [2.75, 3.05) is 26.2 Å². The van der Waals surface area contributed by atoms with Crippen LogP contribution < -0.4 is 5.32 Å². The summed E-state index contributed by atoms with van der Waals surface area (Å²) >= 11 is 6.85. The van der Waals surface area contributed by atoms with Crippen LogP contribution in [0.25, 0.3) is 0 Å². The molecule has 0 aliphatic rings. The summed E-state index contributed by atoms with van der Waals surface area (Å²) in [4.78, 5) is 4.13. The molecule has 0 aromatic heterocycles. The van der Waals surface area contributed by atoms with E-state index in [1.165, 1.54) is 12.1 Å². The first kappa shape index (κ1) is 28.1. The summed E-state index contributed by atoms with van der Waals surface area (Å²) in [5.74, 6) is 0.0434. The minimum atomic E-state index is -0.0667. The van der Waals surface area contributed by atoms with E-state index in [4.69, 9.17) is 25.5 Å². The Labute approximate surface area is 191 Å². The summed E-state index contributed by atoms with van der Waals surface area (Å²) in [5.41, 5.74) is 1.62. The molecule has 5 N–H and O–H groups in total. The Hall–Kier alpha value is -1.90. The zero-order valence-electron chi connectivity index (χ0n) is 17.3. The van der Waals surface area contributed by atoms with Crippen LogP contribution in [0.5, 0.6) is 17.2 Å². The summed E-state index contributed by atoms with van der Waals surface area (Å²) in [6.45, 7) is 8.14. The van der Waals surface area contributed by atoms with Gasteiger partial charge in [-0.1, -0.05) is 38.4 Å². The van der Waals surface area contributed by atoms with Crippen LogP contribution in [0, 0.1) is 0 Å². The number of hydrogen-bond donors (Lipinski definition) is 5. The minimum absolute atomic E-state index is 0.00514. The van der Waals surface area contributed by atoms with Gasteiger partial charge in [-0.25, -0.2) is 0 Å². The van der Waals surface area contributed by atoms with Crippen LogP contribution in [-0.2, 0) is 26.5 Å². The molecule has 165 valence electrons. The van der Waals surface area contributed by atoms with Gasteiger partial charge >= 0.3 is 21.0 Å². The number of halogens is 1. The molecule has 2 aromatic carbocycles. The number of aliphatic hydroxyl groups is 1. The molecule has 0 heterocycles. The first-order chi connectivity index (χ1) is 14.1. The Morgan fingerprint density at radius 2 is 1.63 bits per heavy atom. The van der Waals surface area contributed by atoms with E-state index in [2.05, 4.69) is 31.1 Å². The number of aliphatic imine (C=N–C) groups is 1. The van der Waals surface area contributed by atoms with E-state index in [9.17, 15) is 10.2 Å². The molecule has 7 nitrogen and oxygen atoms in total. The zero-order valence-corrected chi connectivity index (χ0v) is 19.5. The van der Waals surface area contributed by atoms with Crippen LogP contribution in [0.2, 0.25) is 5.02 Å². The quantitative estimate of drug-likeness (QED) is 0.248. The fourth-order valence-corrected chi connectivity index (χ4v) is 2.31. The topological polar surface area (TPSA) is 122 Å². The molecular formula is C21H29ClN2O5V. The molecule has 30 heavy (non-hydrogen) atoms. The van der Waals surface area contributed by atoms with Crippen molar-refractivity contribution >= 4 is 17.8 Å². The van der Waals surface area contributed by atoms with Crippen molar-refractivity contribution in [1.82, 2.24) is 5.32 Å². The number of aromatic hydroxyl groups is 3. The standard InChI is InChI=1S/C11H15ClN2O2.C10H14O2.O.V/c12-10-1-2-11(16)9(7-10)8-14-4-3-13-5-6-15;1-10(2,3)7-4-5-8(11)9(12)6-7;;/h1-2,7-8,13,15-16H,3-6H2;4-6,11-12H,1-3H3;;. The molecule has 0 bridgehead atoms. The van der Waals surface area contributed by atoms with Gasteiger partial charge in [0.25, 0.3) is 0 Å². The molecule has 9 heteroatoms. The van der Waals surface area contributed by atoms with Crippen LogP contribution in [0.3, 0.4) is 0 Å². The van der Waals surface area contributed by atoms with Gasteiger partial charge < -0.3 is 25.7 Å². The molecule has 0 atom stereocenters. The second-order valence-corrected chi connectivity index (χ2v) is 7.60. The Bertz CT molecular complexity index is 797. The maximum atomic E-state index is 9.48. The molecule has 0 fully saturated rings. The van der Waals surface area contributed by atoms with Crippen molar-refractivity contribution in [3.63, 3.8) is 0 Å².